The van der Waals surface area contributed by atoms with Crippen LogP contribution in [0.3, 0.4) is 0 Å². The second kappa shape index (κ2) is 5.52. The average molecular weight is 267 g/mol. The van der Waals surface area contributed by atoms with E-state index in [1.54, 1.807) is 24.5 Å². The summed E-state index contributed by atoms with van der Waals surface area (Å²) >= 11 is 0. The van der Waals surface area contributed by atoms with Crippen molar-refractivity contribution < 1.29 is 9.53 Å². The topological polar surface area (TPSA) is 63.6 Å². The van der Waals surface area contributed by atoms with Gasteiger partial charge in [-0.05, 0) is 24.3 Å². The molecule has 5 heteroatoms. The number of pyridine rings is 1. The summed E-state index contributed by atoms with van der Waals surface area (Å²) in [5, 5.41) is 4.22. The molecule has 0 spiro atoms. The van der Waals surface area contributed by atoms with E-state index in [1.165, 1.54) is 0 Å². The standard InChI is InChI=1S/C15H13N3O2/c19-15(11-5-8-16-9-6-11)18-17-13-7-10-20-14-4-2-1-3-12(13)14/h1-6,8-9H,7,10H2,(H,18,19)/b17-13-. The van der Waals surface area contributed by atoms with Crippen LogP contribution in [0.1, 0.15) is 22.3 Å². The number of nitrogens with zero attached hydrogens (tertiary/aromatic N) is 2. The third-order valence-electron chi connectivity index (χ3n) is 3.03. The first-order chi connectivity index (χ1) is 9.84. The molecule has 1 aromatic heterocycles. The summed E-state index contributed by atoms with van der Waals surface area (Å²) in [7, 11) is 0. The number of para-hydroxylation sites is 1. The lowest BCUT2D eigenvalue weighted by Crippen LogP contribution is -2.23. The first-order valence-electron chi connectivity index (χ1n) is 6.34. The molecule has 100 valence electrons. The zero-order valence-electron chi connectivity index (χ0n) is 10.7. The molecule has 0 saturated carbocycles. The predicted octanol–water partition coefficient (Wildman–Crippen LogP) is 2.00. The van der Waals surface area contributed by atoms with Gasteiger partial charge in [-0.2, -0.15) is 5.10 Å². The van der Waals surface area contributed by atoms with Crippen LogP contribution in [0.4, 0.5) is 0 Å². The van der Waals surface area contributed by atoms with Crippen molar-refractivity contribution in [2.24, 2.45) is 5.10 Å². The fraction of sp³-hybridized carbons (Fsp3) is 0.133. The van der Waals surface area contributed by atoms with Crippen molar-refractivity contribution in [3.63, 3.8) is 0 Å². The van der Waals surface area contributed by atoms with Crippen molar-refractivity contribution in [2.45, 2.75) is 6.42 Å². The van der Waals surface area contributed by atoms with Gasteiger partial charge in [0.2, 0.25) is 0 Å². The lowest BCUT2D eigenvalue weighted by atomic mass is 10.0. The van der Waals surface area contributed by atoms with Gasteiger partial charge in [0.25, 0.3) is 5.91 Å². The van der Waals surface area contributed by atoms with Crippen molar-refractivity contribution >= 4 is 11.6 Å². The third-order valence-corrected chi connectivity index (χ3v) is 3.03. The fourth-order valence-electron chi connectivity index (χ4n) is 2.03. The second-order valence-corrected chi connectivity index (χ2v) is 4.33. The number of hydrazone groups is 1. The Morgan fingerprint density at radius 3 is 2.85 bits per heavy atom. The fourth-order valence-corrected chi connectivity index (χ4v) is 2.03. The molecule has 0 unspecified atom stereocenters. The van der Waals surface area contributed by atoms with Crippen LogP contribution in [-0.4, -0.2) is 23.2 Å². The maximum atomic E-state index is 11.9. The Labute approximate surface area is 116 Å². The van der Waals surface area contributed by atoms with Gasteiger partial charge in [-0.1, -0.05) is 12.1 Å². The normalized spacial score (nSPS) is 15.3. The first kappa shape index (κ1) is 12.3. The van der Waals surface area contributed by atoms with Gasteiger partial charge < -0.3 is 4.74 Å². The number of hydrogen-bond donors (Lipinski definition) is 1. The molecule has 0 saturated heterocycles. The van der Waals surface area contributed by atoms with Crippen molar-refractivity contribution in [3.05, 3.63) is 59.9 Å². The molecule has 20 heavy (non-hydrogen) atoms. The van der Waals surface area contributed by atoms with Crippen LogP contribution in [0.5, 0.6) is 5.75 Å². The third kappa shape index (κ3) is 2.51. The number of nitrogens with one attached hydrogen (secondary N) is 1. The van der Waals surface area contributed by atoms with Crippen LogP contribution in [0.2, 0.25) is 0 Å². The van der Waals surface area contributed by atoms with E-state index in [2.05, 4.69) is 15.5 Å². The average Bonchev–Trinajstić information content (AvgIpc) is 2.53. The Morgan fingerprint density at radius 2 is 2.00 bits per heavy atom. The Balaban J connectivity index is 1.79. The SMILES string of the molecule is O=C(N/N=C1/CCOc2ccccc21)c1ccncc1. The summed E-state index contributed by atoms with van der Waals surface area (Å²) in [6, 6.07) is 11.0. The minimum absolute atomic E-state index is 0.246. The van der Waals surface area contributed by atoms with Gasteiger partial charge in [-0.3, -0.25) is 9.78 Å². The second-order valence-electron chi connectivity index (χ2n) is 4.33. The van der Waals surface area contributed by atoms with Gasteiger partial charge in [0.1, 0.15) is 5.75 Å². The van der Waals surface area contributed by atoms with Crippen LogP contribution in [0.25, 0.3) is 0 Å². The molecule has 0 aliphatic carbocycles. The largest absolute Gasteiger partial charge is 0.492 e. The van der Waals surface area contributed by atoms with Gasteiger partial charge in [-0.15, -0.1) is 0 Å². The molecule has 2 aromatic rings. The molecular weight excluding hydrogens is 254 g/mol. The van der Waals surface area contributed by atoms with Gasteiger partial charge >= 0.3 is 0 Å². The molecule has 1 amide bonds. The Hall–Kier alpha value is -2.69. The quantitative estimate of drug-likeness (QED) is 0.846. The molecular formula is C15H13N3O2. The van der Waals surface area contributed by atoms with E-state index >= 15 is 0 Å². The highest BCUT2D eigenvalue weighted by atomic mass is 16.5. The maximum Gasteiger partial charge on any atom is 0.271 e. The summed E-state index contributed by atoms with van der Waals surface area (Å²) in [6.45, 7) is 0.570. The summed E-state index contributed by atoms with van der Waals surface area (Å²) < 4.78 is 5.54. The maximum absolute atomic E-state index is 11.9. The Kier molecular flexibility index (Phi) is 3.41. The van der Waals surface area contributed by atoms with Gasteiger partial charge in [0.15, 0.2) is 0 Å². The van der Waals surface area contributed by atoms with E-state index in [0.29, 0.717) is 18.6 Å². The smallest absolute Gasteiger partial charge is 0.271 e. The Bertz CT molecular complexity index is 653. The number of benzene rings is 1. The summed E-state index contributed by atoms with van der Waals surface area (Å²) in [4.78, 5) is 15.8. The monoisotopic (exact) mass is 267 g/mol. The van der Waals surface area contributed by atoms with Crippen LogP contribution in [0.15, 0.2) is 53.9 Å². The first-order valence-corrected chi connectivity index (χ1v) is 6.34. The number of aromatic nitrogens is 1. The number of carbonyl (C=O) groups is 1. The highest BCUT2D eigenvalue weighted by Gasteiger charge is 2.16. The van der Waals surface area contributed by atoms with E-state index in [0.717, 1.165) is 17.0 Å². The molecule has 3 rings (SSSR count). The summed E-state index contributed by atoms with van der Waals surface area (Å²) in [5.41, 5.74) is 4.86. The number of hydrogen-bond acceptors (Lipinski definition) is 4. The summed E-state index contributed by atoms with van der Waals surface area (Å²) in [6.07, 6.45) is 3.82. The zero-order chi connectivity index (χ0) is 13.8. The number of ether oxygens (including phenoxy) is 1. The Morgan fingerprint density at radius 1 is 1.20 bits per heavy atom. The lowest BCUT2D eigenvalue weighted by Gasteiger charge is -2.18. The van der Waals surface area contributed by atoms with E-state index < -0.39 is 0 Å². The van der Waals surface area contributed by atoms with Crippen molar-refractivity contribution in [3.8, 4) is 5.75 Å². The van der Waals surface area contributed by atoms with Crippen molar-refractivity contribution in [2.75, 3.05) is 6.61 Å². The molecule has 2 heterocycles. The number of carbonyl (C=O) groups excluding carboxylic acids is 1. The van der Waals surface area contributed by atoms with E-state index in [1.807, 2.05) is 24.3 Å². The molecule has 0 fully saturated rings. The van der Waals surface area contributed by atoms with Gasteiger partial charge in [0.05, 0.1) is 12.3 Å². The highest BCUT2D eigenvalue weighted by Crippen LogP contribution is 2.24. The van der Waals surface area contributed by atoms with Gasteiger partial charge in [0, 0.05) is 29.9 Å². The number of rotatable bonds is 2. The van der Waals surface area contributed by atoms with Crippen molar-refractivity contribution in [1.29, 1.82) is 0 Å². The predicted molar refractivity (Wildman–Crippen MR) is 74.8 cm³/mol. The van der Waals surface area contributed by atoms with Gasteiger partial charge in [-0.25, -0.2) is 5.43 Å². The highest BCUT2D eigenvalue weighted by molar-refractivity contribution is 6.04. The van der Waals surface area contributed by atoms with E-state index in [4.69, 9.17) is 4.74 Å². The number of fused-ring (bicyclic) bond motifs is 1. The van der Waals surface area contributed by atoms with E-state index in [-0.39, 0.29) is 5.91 Å². The van der Waals surface area contributed by atoms with Crippen LogP contribution in [-0.2, 0) is 0 Å². The van der Waals surface area contributed by atoms with Crippen LogP contribution in [0, 0.1) is 0 Å². The summed E-state index contributed by atoms with van der Waals surface area (Å²) in [5.74, 6) is 0.555. The zero-order valence-corrected chi connectivity index (χ0v) is 10.7. The molecule has 0 bridgehead atoms. The molecule has 1 aromatic carbocycles. The minimum Gasteiger partial charge on any atom is -0.492 e. The molecule has 1 aliphatic rings. The molecule has 0 atom stereocenters. The molecule has 1 N–H and O–H groups in total. The number of amides is 1. The lowest BCUT2D eigenvalue weighted by molar-refractivity contribution is 0.0954. The molecule has 5 nitrogen and oxygen atoms in total. The minimum atomic E-state index is -0.246. The molecule has 1 aliphatic heterocycles. The van der Waals surface area contributed by atoms with Crippen LogP contribution >= 0.6 is 0 Å². The van der Waals surface area contributed by atoms with Crippen LogP contribution < -0.4 is 10.2 Å². The van der Waals surface area contributed by atoms with Crippen molar-refractivity contribution in [1.82, 2.24) is 10.4 Å². The molecule has 0 radical (unpaired) electrons. The van der Waals surface area contributed by atoms with E-state index in [9.17, 15) is 4.79 Å².